The van der Waals surface area contributed by atoms with E-state index in [9.17, 15) is 0 Å². The highest BCUT2D eigenvalue weighted by atomic mass is 28.4. The van der Waals surface area contributed by atoms with Crippen molar-refractivity contribution in [2.24, 2.45) is 0 Å². The summed E-state index contributed by atoms with van der Waals surface area (Å²) in [5.74, 6) is 0. The summed E-state index contributed by atoms with van der Waals surface area (Å²) < 4.78 is 11.7. The number of epoxide rings is 1. The predicted molar refractivity (Wildman–Crippen MR) is 60.0 cm³/mol. The maximum Gasteiger partial charge on any atom is 0.192 e. The number of hydrogen-bond donors (Lipinski definition) is 0. The van der Waals surface area contributed by atoms with Gasteiger partial charge in [-0.25, -0.2) is 0 Å². The summed E-state index contributed by atoms with van der Waals surface area (Å²) in [6, 6.07) is 0. The van der Waals surface area contributed by atoms with Crippen LogP contribution in [0.3, 0.4) is 0 Å². The van der Waals surface area contributed by atoms with E-state index >= 15 is 0 Å². The van der Waals surface area contributed by atoms with Gasteiger partial charge in [0.05, 0.1) is 18.3 Å². The summed E-state index contributed by atoms with van der Waals surface area (Å²) in [4.78, 5) is 0. The lowest BCUT2D eigenvalue weighted by Gasteiger charge is -2.38. The summed E-state index contributed by atoms with van der Waals surface area (Å²) in [5.41, 5.74) is 0. The molecule has 0 bridgehead atoms. The predicted octanol–water partition coefficient (Wildman–Crippen LogP) is 2.94. The van der Waals surface area contributed by atoms with Crippen LogP contribution in [0.25, 0.3) is 0 Å². The first-order chi connectivity index (χ1) is 6.29. The Morgan fingerprint density at radius 1 is 1.14 bits per heavy atom. The summed E-state index contributed by atoms with van der Waals surface area (Å²) in [7, 11) is -1.53. The van der Waals surface area contributed by atoms with E-state index in [0.29, 0.717) is 23.4 Å². The van der Waals surface area contributed by atoms with Crippen LogP contribution in [0.2, 0.25) is 18.1 Å². The second-order valence-electron chi connectivity index (χ2n) is 6.18. The van der Waals surface area contributed by atoms with Crippen LogP contribution in [-0.2, 0) is 9.16 Å². The molecule has 0 aromatic heterocycles. The maximum atomic E-state index is 6.32. The van der Waals surface area contributed by atoms with Crippen molar-refractivity contribution in [2.75, 3.05) is 0 Å². The fourth-order valence-corrected chi connectivity index (χ4v) is 3.28. The van der Waals surface area contributed by atoms with Gasteiger partial charge in [-0.05, 0) is 18.1 Å². The van der Waals surface area contributed by atoms with Crippen LogP contribution >= 0.6 is 0 Å². The van der Waals surface area contributed by atoms with Crippen molar-refractivity contribution in [3.05, 3.63) is 0 Å². The van der Waals surface area contributed by atoms with Crippen LogP contribution in [-0.4, -0.2) is 26.6 Å². The molecule has 82 valence electrons. The van der Waals surface area contributed by atoms with E-state index in [2.05, 4.69) is 33.9 Å². The van der Waals surface area contributed by atoms with Gasteiger partial charge in [-0.15, -0.1) is 0 Å². The zero-order valence-electron chi connectivity index (χ0n) is 9.96. The zero-order valence-corrected chi connectivity index (χ0v) is 11.0. The molecule has 2 nitrogen and oxygen atoms in total. The van der Waals surface area contributed by atoms with Gasteiger partial charge in [-0.3, -0.25) is 0 Å². The smallest absolute Gasteiger partial charge is 0.192 e. The van der Waals surface area contributed by atoms with E-state index < -0.39 is 8.32 Å². The van der Waals surface area contributed by atoms with Gasteiger partial charge < -0.3 is 9.16 Å². The van der Waals surface area contributed by atoms with Crippen LogP contribution in [0.5, 0.6) is 0 Å². The molecule has 2 rings (SSSR count). The molecule has 3 atom stereocenters. The lowest BCUT2D eigenvalue weighted by Crippen LogP contribution is -2.43. The molecular formula is C11H22O2Si. The fraction of sp³-hybridized carbons (Fsp3) is 1.00. The Balaban J connectivity index is 1.90. The summed E-state index contributed by atoms with van der Waals surface area (Å²) in [6.45, 7) is 11.6. The summed E-state index contributed by atoms with van der Waals surface area (Å²) in [5, 5.41) is 0.334. The van der Waals surface area contributed by atoms with Gasteiger partial charge >= 0.3 is 0 Å². The van der Waals surface area contributed by atoms with Crippen LogP contribution < -0.4 is 0 Å². The molecule has 0 spiro atoms. The monoisotopic (exact) mass is 214 g/mol. The molecule has 1 saturated heterocycles. The first-order valence-corrected chi connectivity index (χ1v) is 8.54. The molecule has 1 heterocycles. The minimum Gasteiger partial charge on any atom is -0.414 e. The van der Waals surface area contributed by atoms with Crippen molar-refractivity contribution in [1.82, 2.24) is 0 Å². The van der Waals surface area contributed by atoms with Gasteiger partial charge in [0.15, 0.2) is 8.32 Å². The minimum absolute atomic E-state index is 0.334. The normalized spacial score (nSPS) is 37.1. The topological polar surface area (TPSA) is 21.8 Å². The van der Waals surface area contributed by atoms with Crippen LogP contribution in [0.15, 0.2) is 0 Å². The molecule has 0 unspecified atom stereocenters. The molecule has 1 aliphatic heterocycles. The Bertz CT molecular complexity index is 222. The third kappa shape index (κ3) is 1.90. The van der Waals surface area contributed by atoms with Gasteiger partial charge in [0.25, 0.3) is 0 Å². The van der Waals surface area contributed by atoms with Crippen LogP contribution in [0, 0.1) is 0 Å². The Labute approximate surface area is 88.1 Å². The number of hydrogen-bond acceptors (Lipinski definition) is 2. The maximum absolute atomic E-state index is 6.32. The average molecular weight is 214 g/mol. The zero-order chi connectivity index (χ0) is 10.6. The third-order valence-corrected chi connectivity index (χ3v) is 8.48. The Hall–Kier alpha value is 0.137. The van der Waals surface area contributed by atoms with E-state index in [-0.39, 0.29) is 0 Å². The van der Waals surface area contributed by atoms with Crippen LogP contribution in [0.4, 0.5) is 0 Å². The van der Waals surface area contributed by atoms with E-state index in [1.165, 1.54) is 0 Å². The van der Waals surface area contributed by atoms with Gasteiger partial charge in [0, 0.05) is 12.8 Å². The first-order valence-electron chi connectivity index (χ1n) is 5.63. The fourth-order valence-electron chi connectivity index (χ4n) is 1.90. The molecular weight excluding hydrogens is 192 g/mol. The minimum atomic E-state index is -1.53. The quantitative estimate of drug-likeness (QED) is 0.521. The Morgan fingerprint density at radius 3 is 2.07 bits per heavy atom. The second kappa shape index (κ2) is 3.06. The first kappa shape index (κ1) is 10.6. The molecule has 0 radical (unpaired) electrons. The molecule has 0 aromatic rings. The molecule has 0 N–H and O–H groups in total. The van der Waals surface area contributed by atoms with Crippen molar-refractivity contribution >= 4 is 8.32 Å². The van der Waals surface area contributed by atoms with Crippen molar-refractivity contribution < 1.29 is 9.16 Å². The molecule has 1 aliphatic carbocycles. The van der Waals surface area contributed by atoms with Gasteiger partial charge in [-0.2, -0.15) is 0 Å². The highest BCUT2D eigenvalue weighted by Crippen LogP contribution is 2.44. The van der Waals surface area contributed by atoms with Crippen molar-refractivity contribution in [1.29, 1.82) is 0 Å². The Kier molecular flexibility index (Phi) is 2.33. The lowest BCUT2D eigenvalue weighted by molar-refractivity contribution is 0.136. The lowest BCUT2D eigenvalue weighted by atomic mass is 10.2. The van der Waals surface area contributed by atoms with Crippen molar-refractivity contribution in [3.63, 3.8) is 0 Å². The van der Waals surface area contributed by atoms with E-state index in [0.717, 1.165) is 12.8 Å². The van der Waals surface area contributed by atoms with E-state index in [1.54, 1.807) is 0 Å². The highest BCUT2D eigenvalue weighted by molar-refractivity contribution is 6.74. The second-order valence-corrected chi connectivity index (χ2v) is 10.9. The third-order valence-electron chi connectivity index (χ3n) is 3.95. The number of fused-ring (bicyclic) bond motifs is 1. The van der Waals surface area contributed by atoms with E-state index in [1.807, 2.05) is 0 Å². The molecule has 1 saturated carbocycles. The molecule has 0 aromatic carbocycles. The molecule has 2 fully saturated rings. The molecule has 14 heavy (non-hydrogen) atoms. The Morgan fingerprint density at radius 2 is 1.64 bits per heavy atom. The molecule has 2 aliphatic rings. The van der Waals surface area contributed by atoms with Gasteiger partial charge in [0.2, 0.25) is 0 Å². The SMILES string of the molecule is CC(C)(C)[Si](C)(C)O[C@@H]1C[C@@H]2O[C@@H]2C1. The molecule has 0 amide bonds. The summed E-state index contributed by atoms with van der Waals surface area (Å²) in [6.07, 6.45) is 3.85. The van der Waals surface area contributed by atoms with Crippen molar-refractivity contribution in [2.45, 2.75) is 70.1 Å². The standard InChI is InChI=1S/C11H22O2Si/c1-11(2,3)14(4,5)13-8-6-9-10(7-8)12-9/h8-10H,6-7H2,1-5H3/t8-,9+,10-. The average Bonchev–Trinajstić information content (AvgIpc) is 2.56. The number of ether oxygens (including phenoxy) is 1. The highest BCUT2D eigenvalue weighted by Gasteiger charge is 2.50. The van der Waals surface area contributed by atoms with Gasteiger partial charge in [0.1, 0.15) is 0 Å². The number of rotatable bonds is 2. The molecule has 3 heteroatoms. The van der Waals surface area contributed by atoms with Crippen LogP contribution in [0.1, 0.15) is 33.6 Å². The van der Waals surface area contributed by atoms with Gasteiger partial charge in [-0.1, -0.05) is 20.8 Å². The largest absolute Gasteiger partial charge is 0.414 e. The van der Waals surface area contributed by atoms with E-state index in [4.69, 9.17) is 9.16 Å². The summed E-state index contributed by atoms with van der Waals surface area (Å²) >= 11 is 0. The van der Waals surface area contributed by atoms with Crippen molar-refractivity contribution in [3.8, 4) is 0 Å².